The van der Waals surface area contributed by atoms with Crippen molar-refractivity contribution < 1.29 is 24.5 Å². The number of amides is 1. The topological polar surface area (TPSA) is 95.9 Å². The van der Waals surface area contributed by atoms with Crippen LogP contribution in [0.1, 0.15) is 6.42 Å². The minimum Gasteiger partial charge on any atom is -0.480 e. The Balaban J connectivity index is 2.51. The number of aliphatic hydroxyl groups is 1. The lowest BCUT2D eigenvalue weighted by atomic mass is 10.2. The number of hydrogen-bond acceptors (Lipinski definition) is 4. The molecular weight excluding hydrogens is 226 g/mol. The van der Waals surface area contributed by atoms with Crippen LogP contribution in [0, 0.1) is 0 Å². The second-order valence-corrected chi connectivity index (χ2v) is 3.25. The smallest absolute Gasteiger partial charge is 0.413 e. The molecule has 0 spiro atoms. The quantitative estimate of drug-likeness (QED) is 0.699. The van der Waals surface area contributed by atoms with Gasteiger partial charge in [0.15, 0.2) is 0 Å². The summed E-state index contributed by atoms with van der Waals surface area (Å²) in [7, 11) is 0. The third kappa shape index (κ3) is 4.52. The van der Waals surface area contributed by atoms with Crippen molar-refractivity contribution in [1.29, 1.82) is 0 Å². The largest absolute Gasteiger partial charge is 0.480 e. The highest BCUT2D eigenvalue weighted by Crippen LogP contribution is 2.08. The summed E-state index contributed by atoms with van der Waals surface area (Å²) in [5, 5.41) is 19.5. The molecule has 17 heavy (non-hydrogen) atoms. The lowest BCUT2D eigenvalue weighted by Gasteiger charge is -2.12. The predicted octanol–water partition coefficient (Wildman–Crippen LogP) is 0.611. The first-order valence-electron chi connectivity index (χ1n) is 5.00. The van der Waals surface area contributed by atoms with Crippen molar-refractivity contribution in [3.63, 3.8) is 0 Å². The Morgan fingerprint density at radius 3 is 2.47 bits per heavy atom. The highest BCUT2D eigenvalue weighted by atomic mass is 16.6. The van der Waals surface area contributed by atoms with Crippen LogP contribution in [-0.2, 0) is 4.79 Å². The number of hydrogen-bond donors (Lipinski definition) is 3. The number of ether oxygens (including phenoxy) is 1. The molecule has 3 N–H and O–H groups in total. The van der Waals surface area contributed by atoms with Gasteiger partial charge in [-0.15, -0.1) is 0 Å². The number of carbonyl (C=O) groups is 2. The van der Waals surface area contributed by atoms with E-state index in [1.165, 1.54) is 0 Å². The lowest BCUT2D eigenvalue weighted by molar-refractivity contribution is -0.139. The average molecular weight is 239 g/mol. The van der Waals surface area contributed by atoms with Gasteiger partial charge in [0.1, 0.15) is 11.8 Å². The van der Waals surface area contributed by atoms with E-state index in [2.05, 4.69) is 5.32 Å². The molecule has 0 aromatic heterocycles. The molecule has 0 bridgehead atoms. The Kier molecular flexibility index (Phi) is 4.96. The second-order valence-electron chi connectivity index (χ2n) is 3.25. The van der Waals surface area contributed by atoms with E-state index < -0.39 is 18.1 Å². The van der Waals surface area contributed by atoms with E-state index in [9.17, 15) is 9.59 Å². The summed E-state index contributed by atoms with van der Waals surface area (Å²) in [4.78, 5) is 22.0. The fourth-order valence-electron chi connectivity index (χ4n) is 1.15. The molecule has 0 aliphatic carbocycles. The minimum atomic E-state index is -1.22. The Morgan fingerprint density at radius 2 is 1.94 bits per heavy atom. The first-order chi connectivity index (χ1) is 8.13. The number of carbonyl (C=O) groups excluding carboxylic acids is 1. The summed E-state index contributed by atoms with van der Waals surface area (Å²) in [5.74, 6) is -0.901. The molecule has 0 saturated carbocycles. The third-order valence-corrected chi connectivity index (χ3v) is 1.96. The summed E-state index contributed by atoms with van der Waals surface area (Å²) in [6, 6.07) is 7.12. The summed E-state index contributed by atoms with van der Waals surface area (Å²) in [6.07, 6.45) is -0.934. The molecule has 0 saturated heterocycles. The van der Waals surface area contributed by atoms with Crippen molar-refractivity contribution in [3.8, 4) is 5.75 Å². The summed E-state index contributed by atoms with van der Waals surface area (Å²) < 4.78 is 4.85. The molecule has 0 aliphatic heterocycles. The van der Waals surface area contributed by atoms with Gasteiger partial charge in [-0.1, -0.05) is 18.2 Å². The number of carboxylic acid groups (broad SMARTS) is 1. The Bertz CT molecular complexity index is 379. The van der Waals surface area contributed by atoms with E-state index in [4.69, 9.17) is 14.9 Å². The van der Waals surface area contributed by atoms with Gasteiger partial charge < -0.3 is 20.3 Å². The van der Waals surface area contributed by atoms with Crippen molar-refractivity contribution in [2.45, 2.75) is 12.5 Å². The SMILES string of the molecule is O=C(N[C@@H](CCO)C(=O)O)Oc1ccccc1. The maximum atomic E-state index is 11.3. The first kappa shape index (κ1) is 13.0. The van der Waals surface area contributed by atoms with Crippen LogP contribution in [0.2, 0.25) is 0 Å². The Labute approximate surface area is 97.8 Å². The molecule has 92 valence electrons. The predicted molar refractivity (Wildman–Crippen MR) is 58.7 cm³/mol. The summed E-state index contributed by atoms with van der Waals surface area (Å²) >= 11 is 0. The van der Waals surface area contributed by atoms with Crippen LogP contribution in [0.5, 0.6) is 5.75 Å². The second kappa shape index (κ2) is 6.49. The van der Waals surface area contributed by atoms with Crippen LogP contribution in [0.3, 0.4) is 0 Å². The van der Waals surface area contributed by atoms with E-state index in [0.717, 1.165) is 0 Å². The van der Waals surface area contributed by atoms with Crippen LogP contribution in [-0.4, -0.2) is 34.9 Å². The lowest BCUT2D eigenvalue weighted by Crippen LogP contribution is -2.42. The zero-order valence-corrected chi connectivity index (χ0v) is 9.00. The van der Waals surface area contributed by atoms with E-state index in [-0.39, 0.29) is 13.0 Å². The molecule has 1 aromatic carbocycles. The van der Waals surface area contributed by atoms with E-state index in [1.54, 1.807) is 30.3 Å². The van der Waals surface area contributed by atoms with Crippen molar-refractivity contribution in [2.24, 2.45) is 0 Å². The number of para-hydroxylation sites is 1. The van der Waals surface area contributed by atoms with Crippen LogP contribution in [0.15, 0.2) is 30.3 Å². The molecule has 6 heteroatoms. The van der Waals surface area contributed by atoms with Gasteiger partial charge >= 0.3 is 12.1 Å². The van der Waals surface area contributed by atoms with E-state index in [0.29, 0.717) is 5.75 Å². The molecule has 1 rings (SSSR count). The molecule has 1 amide bonds. The fraction of sp³-hybridized carbons (Fsp3) is 0.273. The summed E-state index contributed by atoms with van der Waals surface area (Å²) in [6.45, 7) is -0.331. The first-order valence-corrected chi connectivity index (χ1v) is 5.00. The highest BCUT2D eigenvalue weighted by molar-refractivity contribution is 5.80. The van der Waals surface area contributed by atoms with Crippen molar-refractivity contribution >= 4 is 12.1 Å². The number of aliphatic carboxylic acids is 1. The molecule has 0 fully saturated rings. The number of rotatable bonds is 5. The average Bonchev–Trinajstić information content (AvgIpc) is 2.29. The van der Waals surface area contributed by atoms with Gasteiger partial charge in [-0.25, -0.2) is 9.59 Å². The van der Waals surface area contributed by atoms with Crippen LogP contribution in [0.4, 0.5) is 4.79 Å². The van der Waals surface area contributed by atoms with Gasteiger partial charge in [-0.2, -0.15) is 0 Å². The van der Waals surface area contributed by atoms with Gasteiger partial charge in [0.05, 0.1) is 0 Å². The fourth-order valence-corrected chi connectivity index (χ4v) is 1.15. The summed E-state index contributed by atoms with van der Waals surface area (Å²) in [5.41, 5.74) is 0. The normalized spacial score (nSPS) is 11.6. The zero-order chi connectivity index (χ0) is 12.7. The van der Waals surface area contributed by atoms with E-state index in [1.807, 2.05) is 0 Å². The van der Waals surface area contributed by atoms with Crippen LogP contribution < -0.4 is 10.1 Å². The van der Waals surface area contributed by atoms with Crippen molar-refractivity contribution in [1.82, 2.24) is 5.32 Å². The van der Waals surface area contributed by atoms with Gasteiger partial charge in [-0.3, -0.25) is 0 Å². The highest BCUT2D eigenvalue weighted by Gasteiger charge is 2.20. The third-order valence-electron chi connectivity index (χ3n) is 1.96. The van der Waals surface area contributed by atoms with Gasteiger partial charge in [0.2, 0.25) is 0 Å². The molecule has 6 nitrogen and oxygen atoms in total. The maximum absolute atomic E-state index is 11.3. The minimum absolute atomic E-state index is 0.0702. The number of aliphatic hydroxyl groups excluding tert-OH is 1. The molecule has 0 radical (unpaired) electrons. The van der Waals surface area contributed by atoms with Crippen LogP contribution in [0.25, 0.3) is 0 Å². The number of nitrogens with one attached hydrogen (secondary N) is 1. The van der Waals surface area contributed by atoms with Gasteiger partial charge in [0.25, 0.3) is 0 Å². The van der Waals surface area contributed by atoms with Gasteiger partial charge in [-0.05, 0) is 12.1 Å². The molecule has 0 heterocycles. The van der Waals surface area contributed by atoms with Crippen molar-refractivity contribution in [2.75, 3.05) is 6.61 Å². The van der Waals surface area contributed by atoms with Crippen LogP contribution >= 0.6 is 0 Å². The van der Waals surface area contributed by atoms with Crippen molar-refractivity contribution in [3.05, 3.63) is 30.3 Å². The van der Waals surface area contributed by atoms with E-state index >= 15 is 0 Å². The Hall–Kier alpha value is -2.08. The number of benzene rings is 1. The maximum Gasteiger partial charge on any atom is 0.413 e. The molecular formula is C11H13NO5. The molecule has 1 aromatic rings. The molecule has 1 atom stereocenters. The Morgan fingerprint density at radius 1 is 1.29 bits per heavy atom. The standard InChI is InChI=1S/C11H13NO5/c13-7-6-9(10(14)15)12-11(16)17-8-4-2-1-3-5-8/h1-5,9,13H,6-7H2,(H,12,16)(H,14,15)/t9-/m0/s1. The van der Waals surface area contributed by atoms with Gasteiger partial charge in [0, 0.05) is 13.0 Å². The monoisotopic (exact) mass is 239 g/mol. The zero-order valence-electron chi connectivity index (χ0n) is 9.00. The molecule has 0 aliphatic rings. The molecule has 0 unspecified atom stereocenters. The number of carboxylic acids is 1.